The topological polar surface area (TPSA) is 44.1 Å². The van der Waals surface area contributed by atoms with E-state index >= 15 is 0 Å². The second-order valence-corrected chi connectivity index (χ2v) is 12.5. The average Bonchev–Trinajstić information content (AvgIpc) is 3.23. The Morgan fingerprint density at radius 2 is 1.72 bits per heavy atom. The summed E-state index contributed by atoms with van der Waals surface area (Å²) in [6.45, 7) is 4.37. The van der Waals surface area contributed by atoms with Crippen molar-refractivity contribution in [2.75, 3.05) is 7.05 Å². The minimum Gasteiger partial charge on any atom is -0.339 e. The van der Waals surface area contributed by atoms with Crippen LogP contribution in [0, 0.1) is 58.2 Å². The molecular weight excluding hydrogens is 461 g/mol. The zero-order valence-corrected chi connectivity index (χ0v) is 21.7. The quantitative estimate of drug-likeness (QED) is 0.431. The number of benzene rings is 1. The maximum Gasteiger partial charge on any atom is 0.391 e. The Morgan fingerprint density at radius 1 is 1.03 bits per heavy atom. The van der Waals surface area contributed by atoms with Gasteiger partial charge >= 0.3 is 6.18 Å². The van der Waals surface area contributed by atoms with Gasteiger partial charge in [0.2, 0.25) is 5.91 Å². The largest absolute Gasteiger partial charge is 0.391 e. The first-order chi connectivity index (χ1) is 17.0. The first-order valence-corrected chi connectivity index (χ1v) is 13.9. The Hall–Kier alpha value is -2.03. The van der Waals surface area contributed by atoms with E-state index in [9.17, 15) is 18.0 Å². The summed E-state index contributed by atoms with van der Waals surface area (Å²) in [6, 6.07) is 9.55. The van der Waals surface area contributed by atoms with Crippen molar-refractivity contribution in [3.8, 4) is 6.07 Å². The molecule has 3 nitrogen and oxygen atoms in total. The number of hydrogen-bond acceptors (Lipinski definition) is 2. The number of hydrogen-bond donors (Lipinski definition) is 0. The number of nitriles is 1. The first-order valence-electron chi connectivity index (χ1n) is 13.9. The summed E-state index contributed by atoms with van der Waals surface area (Å²) >= 11 is 0. The van der Waals surface area contributed by atoms with Gasteiger partial charge in [0.15, 0.2) is 0 Å². The van der Waals surface area contributed by atoms with Gasteiger partial charge in [0, 0.05) is 13.0 Å². The van der Waals surface area contributed by atoms with Gasteiger partial charge in [-0.15, -0.1) is 0 Å². The number of amides is 1. The molecule has 4 aliphatic rings. The predicted molar refractivity (Wildman–Crippen MR) is 132 cm³/mol. The Bertz CT molecular complexity index is 1010. The van der Waals surface area contributed by atoms with Crippen molar-refractivity contribution in [3.05, 3.63) is 35.4 Å². The summed E-state index contributed by atoms with van der Waals surface area (Å²) < 4.78 is 40.2. The maximum absolute atomic E-state index is 13.8. The summed E-state index contributed by atoms with van der Waals surface area (Å²) in [6.07, 6.45) is 3.34. The summed E-state index contributed by atoms with van der Waals surface area (Å²) in [5.41, 5.74) is 1.62. The Kier molecular flexibility index (Phi) is 6.67. The lowest BCUT2D eigenvalue weighted by Gasteiger charge is -2.56. The molecule has 0 spiro atoms. The van der Waals surface area contributed by atoms with Crippen LogP contribution in [0.1, 0.15) is 88.8 Å². The van der Waals surface area contributed by atoms with Crippen LogP contribution in [0.2, 0.25) is 0 Å². The molecule has 0 unspecified atom stereocenters. The van der Waals surface area contributed by atoms with Crippen LogP contribution in [0.3, 0.4) is 0 Å². The second-order valence-electron chi connectivity index (χ2n) is 12.5. The standard InChI is InChI=1S/C30H39F3N2O/c1-18(20-6-4-19(17-34)5-7-20)35(3)28(36)27-13-12-26-25-10-8-21-16-22(30(31,32)33)9-11-23(21)24(25)14-15-29(26,27)2/h4-7,18,21-27H,8-16H2,1-3H3/t18-,21+,22-,23-,24+,25+,26-,27+,29-/m0/s1. The number of fused-ring (bicyclic) bond motifs is 5. The number of nitrogens with zero attached hydrogens (tertiary/aromatic N) is 2. The molecule has 0 aromatic heterocycles. The zero-order valence-electron chi connectivity index (χ0n) is 21.7. The number of alkyl halides is 3. The van der Waals surface area contributed by atoms with E-state index < -0.39 is 12.1 Å². The molecule has 1 aromatic rings. The van der Waals surface area contributed by atoms with Gasteiger partial charge in [0.1, 0.15) is 0 Å². The molecule has 4 aliphatic carbocycles. The second kappa shape index (κ2) is 9.37. The molecule has 6 heteroatoms. The van der Waals surface area contributed by atoms with E-state index in [4.69, 9.17) is 5.26 Å². The first kappa shape index (κ1) is 25.6. The van der Waals surface area contributed by atoms with Gasteiger partial charge < -0.3 is 4.90 Å². The van der Waals surface area contributed by atoms with Crippen LogP contribution in [0.4, 0.5) is 13.2 Å². The van der Waals surface area contributed by atoms with Gasteiger partial charge in [0.05, 0.1) is 23.6 Å². The molecule has 9 atom stereocenters. The molecule has 1 aromatic carbocycles. The number of carbonyl (C=O) groups excluding carboxylic acids is 1. The highest BCUT2D eigenvalue weighted by Crippen LogP contribution is 2.65. The van der Waals surface area contributed by atoms with Gasteiger partial charge in [-0.3, -0.25) is 4.79 Å². The Balaban J connectivity index is 1.28. The van der Waals surface area contributed by atoms with Crippen molar-refractivity contribution in [2.24, 2.45) is 46.8 Å². The summed E-state index contributed by atoms with van der Waals surface area (Å²) in [5.74, 6) is 1.40. The van der Waals surface area contributed by atoms with E-state index in [0.717, 1.165) is 50.5 Å². The van der Waals surface area contributed by atoms with Crippen LogP contribution in [0.25, 0.3) is 0 Å². The van der Waals surface area contributed by atoms with Crippen molar-refractivity contribution in [3.63, 3.8) is 0 Å². The minimum absolute atomic E-state index is 0.00738. The molecule has 36 heavy (non-hydrogen) atoms. The van der Waals surface area contributed by atoms with Crippen molar-refractivity contribution >= 4 is 5.91 Å². The van der Waals surface area contributed by atoms with Crippen molar-refractivity contribution < 1.29 is 18.0 Å². The smallest absolute Gasteiger partial charge is 0.339 e. The SMILES string of the molecule is C[C@@H](c1ccc(C#N)cc1)N(C)C(=O)[C@H]1CC[C@H]2[C@@H]3CC[C@@H]4C[C@@H](C(F)(F)F)CC[C@@H]4[C@H]3CC[C@]12C. The molecule has 0 bridgehead atoms. The lowest BCUT2D eigenvalue weighted by atomic mass is 9.49. The molecule has 4 saturated carbocycles. The molecule has 0 radical (unpaired) electrons. The fraction of sp³-hybridized carbons (Fsp3) is 0.733. The van der Waals surface area contributed by atoms with Crippen molar-refractivity contribution in [2.45, 2.75) is 83.9 Å². The monoisotopic (exact) mass is 500 g/mol. The van der Waals surface area contributed by atoms with E-state index in [0.29, 0.717) is 42.1 Å². The molecule has 0 aliphatic heterocycles. The van der Waals surface area contributed by atoms with Crippen LogP contribution in [-0.4, -0.2) is 24.0 Å². The zero-order chi connectivity index (χ0) is 25.8. The van der Waals surface area contributed by atoms with E-state index in [1.165, 1.54) is 0 Å². The molecule has 0 N–H and O–H groups in total. The fourth-order valence-electron chi connectivity index (χ4n) is 9.05. The van der Waals surface area contributed by atoms with E-state index in [-0.39, 0.29) is 29.2 Å². The molecular formula is C30H39F3N2O. The van der Waals surface area contributed by atoms with Crippen LogP contribution in [0.5, 0.6) is 0 Å². The number of rotatable bonds is 3. The van der Waals surface area contributed by atoms with Gasteiger partial charge in [-0.2, -0.15) is 18.4 Å². The van der Waals surface area contributed by atoms with Crippen LogP contribution >= 0.6 is 0 Å². The van der Waals surface area contributed by atoms with Crippen molar-refractivity contribution in [1.29, 1.82) is 5.26 Å². The third-order valence-corrected chi connectivity index (χ3v) is 11.2. The lowest BCUT2D eigenvalue weighted by molar-refractivity contribution is -0.196. The molecule has 1 amide bonds. The van der Waals surface area contributed by atoms with Gasteiger partial charge in [-0.1, -0.05) is 19.1 Å². The fourth-order valence-corrected chi connectivity index (χ4v) is 9.05. The van der Waals surface area contributed by atoms with E-state index in [2.05, 4.69) is 13.0 Å². The van der Waals surface area contributed by atoms with Gasteiger partial charge in [-0.05, 0) is 117 Å². The predicted octanol–water partition coefficient (Wildman–Crippen LogP) is 7.52. The Morgan fingerprint density at radius 3 is 2.39 bits per heavy atom. The average molecular weight is 501 g/mol. The highest BCUT2D eigenvalue weighted by Gasteiger charge is 2.59. The number of halogens is 3. The van der Waals surface area contributed by atoms with Crippen LogP contribution < -0.4 is 0 Å². The third kappa shape index (κ3) is 4.25. The van der Waals surface area contributed by atoms with Crippen LogP contribution in [0.15, 0.2) is 24.3 Å². The summed E-state index contributed by atoms with van der Waals surface area (Å²) in [4.78, 5) is 15.7. The van der Waals surface area contributed by atoms with Crippen molar-refractivity contribution in [1.82, 2.24) is 4.90 Å². The molecule has 0 heterocycles. The minimum atomic E-state index is -4.05. The normalized spacial score (nSPS) is 38.8. The van der Waals surface area contributed by atoms with E-state index in [1.54, 1.807) is 12.1 Å². The molecule has 196 valence electrons. The van der Waals surface area contributed by atoms with Gasteiger partial charge in [-0.25, -0.2) is 0 Å². The maximum atomic E-state index is 13.8. The summed E-state index contributed by atoms with van der Waals surface area (Å²) in [7, 11) is 1.90. The van der Waals surface area contributed by atoms with Gasteiger partial charge in [0.25, 0.3) is 0 Å². The molecule has 5 rings (SSSR count). The lowest BCUT2D eigenvalue weighted by Crippen LogP contribution is -2.51. The summed E-state index contributed by atoms with van der Waals surface area (Å²) in [5, 5.41) is 9.08. The highest BCUT2D eigenvalue weighted by atomic mass is 19.4. The number of carbonyl (C=O) groups is 1. The Labute approximate surface area is 213 Å². The highest BCUT2D eigenvalue weighted by molar-refractivity contribution is 5.80. The third-order valence-electron chi connectivity index (χ3n) is 11.2. The molecule has 0 saturated heterocycles. The van der Waals surface area contributed by atoms with E-state index in [1.807, 2.05) is 31.0 Å². The molecule has 4 fully saturated rings. The van der Waals surface area contributed by atoms with Crippen LogP contribution in [-0.2, 0) is 4.79 Å².